The van der Waals surface area contributed by atoms with Crippen LogP contribution in [0.1, 0.15) is 58.9 Å². The van der Waals surface area contributed by atoms with E-state index in [-0.39, 0.29) is 36.4 Å². The van der Waals surface area contributed by atoms with Gasteiger partial charge in [0, 0.05) is 20.8 Å². The number of carbonyl (C=O) groups excluding carboxylic acids is 3. The zero-order valence-corrected chi connectivity index (χ0v) is 24.0. The molecule has 210 valence electrons. The summed E-state index contributed by atoms with van der Waals surface area (Å²) in [6.45, 7) is 10.7. The summed E-state index contributed by atoms with van der Waals surface area (Å²) in [5.41, 5.74) is 1.32. The lowest BCUT2D eigenvalue weighted by molar-refractivity contribution is -0.144. The van der Waals surface area contributed by atoms with E-state index in [1.165, 1.54) is 12.7 Å². The number of carbonyl (C=O) groups is 3. The number of nitrogens with zero attached hydrogens (tertiary/aromatic N) is 1. The Morgan fingerprint density at radius 3 is 2.19 bits per heavy atom. The molecule has 0 aliphatic carbocycles. The molecule has 8 heteroatoms. The zero-order valence-electron chi connectivity index (χ0n) is 24.0. The van der Waals surface area contributed by atoms with Crippen molar-refractivity contribution in [3.63, 3.8) is 0 Å². The molecular weight excluding hydrogens is 472 g/mol. The van der Waals surface area contributed by atoms with E-state index < -0.39 is 18.0 Å². The number of methoxy groups -OCH3 is 3. The van der Waals surface area contributed by atoms with Gasteiger partial charge in [-0.3, -0.25) is 14.4 Å². The van der Waals surface area contributed by atoms with Crippen LogP contribution in [0.3, 0.4) is 0 Å². The van der Waals surface area contributed by atoms with Crippen molar-refractivity contribution in [1.82, 2.24) is 10.2 Å². The van der Waals surface area contributed by atoms with Crippen LogP contribution in [0.2, 0.25) is 0 Å². The van der Waals surface area contributed by atoms with Crippen LogP contribution in [0, 0.1) is 24.7 Å². The number of ether oxygens (including phenoxy) is 3. The molecule has 1 saturated heterocycles. The van der Waals surface area contributed by atoms with E-state index in [2.05, 4.69) is 49.9 Å². The lowest BCUT2D eigenvalue weighted by Crippen LogP contribution is -2.50. The summed E-state index contributed by atoms with van der Waals surface area (Å²) < 4.78 is 15.9. The molecule has 1 heterocycles. The first-order valence-electron chi connectivity index (χ1n) is 13.3. The van der Waals surface area contributed by atoms with Crippen molar-refractivity contribution in [2.75, 3.05) is 34.4 Å². The minimum Gasteiger partial charge on any atom is -0.468 e. The van der Waals surface area contributed by atoms with Crippen molar-refractivity contribution in [3.05, 3.63) is 35.9 Å². The van der Waals surface area contributed by atoms with Gasteiger partial charge in [-0.2, -0.15) is 0 Å². The van der Waals surface area contributed by atoms with Crippen LogP contribution in [0.15, 0.2) is 30.3 Å². The van der Waals surface area contributed by atoms with E-state index in [0.29, 0.717) is 18.9 Å². The summed E-state index contributed by atoms with van der Waals surface area (Å²) in [6.07, 6.45) is 2.39. The Labute approximate surface area is 223 Å². The quantitative estimate of drug-likeness (QED) is 0.419. The highest BCUT2D eigenvalue weighted by atomic mass is 16.5. The molecule has 1 N–H and O–H groups in total. The number of likely N-dealkylation sites (tertiary alicyclic amines) is 1. The van der Waals surface area contributed by atoms with Crippen molar-refractivity contribution >= 4 is 17.8 Å². The fourth-order valence-corrected chi connectivity index (χ4v) is 4.73. The second-order valence-electron chi connectivity index (χ2n) is 9.96. The zero-order chi connectivity index (χ0) is 28.0. The minimum absolute atomic E-state index is 0.0312. The maximum Gasteiger partial charge on any atom is 0.325 e. The van der Waals surface area contributed by atoms with Crippen molar-refractivity contribution in [3.8, 4) is 0 Å². The highest BCUT2D eigenvalue weighted by Crippen LogP contribution is 2.29. The van der Waals surface area contributed by atoms with Crippen molar-refractivity contribution in [2.24, 2.45) is 17.8 Å². The summed E-state index contributed by atoms with van der Waals surface area (Å²) in [4.78, 5) is 38.8. The fourth-order valence-electron chi connectivity index (χ4n) is 4.73. The first kappa shape index (κ1) is 32.6. The highest BCUT2D eigenvalue weighted by molar-refractivity contribution is 5.84. The van der Waals surface area contributed by atoms with Gasteiger partial charge in [0.05, 0.1) is 37.7 Å². The summed E-state index contributed by atoms with van der Waals surface area (Å²) in [6, 6.07) is 10.1. The van der Waals surface area contributed by atoms with Crippen LogP contribution in [0.5, 0.6) is 0 Å². The summed E-state index contributed by atoms with van der Waals surface area (Å²) >= 11 is 0. The molecular formula is C29H48N2O6. The third-order valence-corrected chi connectivity index (χ3v) is 7.56. The molecule has 0 spiro atoms. The lowest BCUT2D eigenvalue weighted by Gasteiger charge is -2.35. The first-order chi connectivity index (χ1) is 17.6. The van der Waals surface area contributed by atoms with E-state index in [4.69, 9.17) is 9.47 Å². The molecule has 0 radical (unpaired) electrons. The molecule has 1 aliphatic heterocycles. The van der Waals surface area contributed by atoms with Gasteiger partial charge in [0.15, 0.2) is 0 Å². The van der Waals surface area contributed by atoms with Crippen molar-refractivity contribution < 1.29 is 28.6 Å². The monoisotopic (exact) mass is 520 g/mol. The average molecular weight is 521 g/mol. The maximum atomic E-state index is 13.1. The van der Waals surface area contributed by atoms with Crippen LogP contribution in [-0.2, 0) is 28.6 Å². The first-order valence-corrected chi connectivity index (χ1v) is 13.3. The molecule has 6 atom stereocenters. The van der Waals surface area contributed by atoms with Crippen LogP contribution >= 0.6 is 0 Å². The third kappa shape index (κ3) is 10.4. The Morgan fingerprint density at radius 2 is 1.70 bits per heavy atom. The molecule has 2 rings (SSSR count). The van der Waals surface area contributed by atoms with Crippen LogP contribution in [-0.4, -0.2) is 75.4 Å². The van der Waals surface area contributed by atoms with Crippen LogP contribution in [0.25, 0.3) is 0 Å². The predicted octanol–water partition coefficient (Wildman–Crippen LogP) is 4.00. The molecule has 0 bridgehead atoms. The second kappa shape index (κ2) is 17.1. The van der Waals surface area contributed by atoms with Gasteiger partial charge in [0.25, 0.3) is 0 Å². The van der Waals surface area contributed by atoms with Gasteiger partial charge >= 0.3 is 5.97 Å². The Hall–Kier alpha value is -2.45. The highest BCUT2D eigenvalue weighted by Gasteiger charge is 2.40. The topological polar surface area (TPSA) is 94.2 Å². The molecule has 8 nitrogen and oxygen atoms in total. The predicted molar refractivity (Wildman–Crippen MR) is 145 cm³/mol. The number of amides is 2. The molecule has 1 fully saturated rings. The van der Waals surface area contributed by atoms with Gasteiger partial charge in [-0.25, -0.2) is 0 Å². The number of hydrogen-bond donors (Lipinski definition) is 1. The molecule has 0 aromatic heterocycles. The lowest BCUT2D eigenvalue weighted by atomic mass is 9.87. The Balaban J connectivity index is 0.000000836. The number of hydrogen-bond acceptors (Lipinski definition) is 6. The summed E-state index contributed by atoms with van der Waals surface area (Å²) in [5.74, 6) is -0.567. The third-order valence-electron chi connectivity index (χ3n) is 7.56. The summed E-state index contributed by atoms with van der Waals surface area (Å²) in [7, 11) is 4.48. The number of rotatable bonds is 12. The number of nitrogens with one attached hydrogen (secondary N) is 1. The Bertz CT molecular complexity index is 818. The van der Waals surface area contributed by atoms with Crippen LogP contribution in [0.4, 0.5) is 0 Å². The molecule has 6 unspecified atom stereocenters. The Morgan fingerprint density at radius 1 is 1.05 bits per heavy atom. The van der Waals surface area contributed by atoms with Crippen LogP contribution < -0.4 is 5.32 Å². The minimum atomic E-state index is -0.518. The van der Waals surface area contributed by atoms with E-state index in [0.717, 1.165) is 19.3 Å². The second-order valence-corrected chi connectivity index (χ2v) is 9.96. The molecule has 0 saturated carbocycles. The number of esters is 1. The molecule has 1 aliphatic rings. The normalized spacial score (nSPS) is 19.0. The molecule has 1 aromatic rings. The van der Waals surface area contributed by atoms with E-state index >= 15 is 0 Å². The van der Waals surface area contributed by atoms with Crippen molar-refractivity contribution in [1.29, 1.82) is 0 Å². The molecule has 2 amide bonds. The smallest absolute Gasteiger partial charge is 0.325 e. The number of aryl methyl sites for hydroxylation is 1. The fraction of sp³-hybridized carbons (Fsp3) is 0.690. The average Bonchev–Trinajstić information content (AvgIpc) is 3.39. The number of benzene rings is 1. The summed E-state index contributed by atoms with van der Waals surface area (Å²) in [5, 5.41) is 2.57. The van der Waals surface area contributed by atoms with Gasteiger partial charge in [-0.1, -0.05) is 70.0 Å². The van der Waals surface area contributed by atoms with E-state index in [1.807, 2.05) is 23.1 Å². The van der Waals surface area contributed by atoms with Gasteiger partial charge in [0.2, 0.25) is 11.8 Å². The van der Waals surface area contributed by atoms with Gasteiger partial charge in [-0.15, -0.1) is 0 Å². The van der Waals surface area contributed by atoms with E-state index in [1.54, 1.807) is 21.1 Å². The maximum absolute atomic E-state index is 13.1. The SMILES string of the molecule is CCC(C)C(C)C(CC(=O)N1CCCC1C(OC)C(C)C(=O)NCC(=O)OC)OC.Cc1ccccc1. The standard InChI is InChI=1S/C22H40N2O6.C7H8/c1-8-14(2)15(3)18(28-5)12-19(25)24-11-9-10-17(24)21(30-7)16(4)22(27)23-13-20(26)29-6;1-7-5-3-2-4-6-7/h14-18,21H,8-13H2,1-7H3,(H,23,27);2-6H,1H3. The van der Waals surface area contributed by atoms with Gasteiger partial charge in [0.1, 0.15) is 6.54 Å². The molecule has 1 aromatic carbocycles. The van der Waals surface area contributed by atoms with Gasteiger partial charge < -0.3 is 24.4 Å². The largest absolute Gasteiger partial charge is 0.468 e. The van der Waals surface area contributed by atoms with E-state index in [9.17, 15) is 14.4 Å². The van der Waals surface area contributed by atoms with Crippen molar-refractivity contribution in [2.45, 2.75) is 78.6 Å². The van der Waals surface area contributed by atoms with Gasteiger partial charge in [-0.05, 0) is 31.6 Å². The molecule has 37 heavy (non-hydrogen) atoms. The Kier molecular flexibility index (Phi) is 15.1.